The molecule has 1 aliphatic heterocycles. The Bertz CT molecular complexity index is 1040. The molecule has 2 aromatic rings. The number of carbonyl (C=O) groups excluding carboxylic acids is 2. The number of nitrogens with one attached hydrogen (secondary N) is 2. The highest BCUT2D eigenvalue weighted by atomic mass is 16.4. The zero-order valence-corrected chi connectivity index (χ0v) is 18.5. The summed E-state index contributed by atoms with van der Waals surface area (Å²) < 4.78 is 0. The zero-order valence-electron chi connectivity index (χ0n) is 18.5. The average molecular weight is 440 g/mol. The minimum atomic E-state index is -1.33. The van der Waals surface area contributed by atoms with Crippen LogP contribution in [0.1, 0.15) is 34.7 Å². The molecule has 4 N–H and O–H groups in total. The van der Waals surface area contributed by atoms with Gasteiger partial charge in [-0.05, 0) is 61.1 Å². The van der Waals surface area contributed by atoms with Crippen molar-refractivity contribution in [1.82, 2.24) is 15.5 Å². The van der Waals surface area contributed by atoms with E-state index in [4.69, 9.17) is 0 Å². The lowest BCUT2D eigenvalue weighted by atomic mass is 9.97. The molecule has 0 bridgehead atoms. The molecule has 0 saturated heterocycles. The summed E-state index contributed by atoms with van der Waals surface area (Å²) in [6.45, 7) is 6.17. The summed E-state index contributed by atoms with van der Waals surface area (Å²) in [5, 5.41) is 24.0. The normalized spacial score (nSPS) is 14.8. The highest BCUT2D eigenvalue weighted by Gasteiger charge is 2.29. The minimum Gasteiger partial charge on any atom is -0.508 e. The van der Waals surface area contributed by atoms with Crippen molar-refractivity contribution < 1.29 is 24.6 Å². The van der Waals surface area contributed by atoms with Crippen molar-refractivity contribution in [2.45, 2.75) is 52.2 Å². The molecule has 8 nitrogen and oxygen atoms in total. The van der Waals surface area contributed by atoms with Gasteiger partial charge in [0.25, 0.3) is 0 Å². The van der Waals surface area contributed by atoms with E-state index in [1.807, 2.05) is 18.2 Å². The number of amides is 3. The maximum Gasteiger partial charge on any atom is 0.405 e. The number of phenolic OH excluding ortho intramolecular Hbond substituents is 1. The molecule has 0 spiro atoms. The van der Waals surface area contributed by atoms with E-state index >= 15 is 0 Å². The van der Waals surface area contributed by atoms with Gasteiger partial charge in [-0.15, -0.1) is 0 Å². The van der Waals surface area contributed by atoms with E-state index in [0.717, 1.165) is 23.1 Å². The summed E-state index contributed by atoms with van der Waals surface area (Å²) in [6, 6.07) is 9.40. The van der Waals surface area contributed by atoms with Crippen molar-refractivity contribution in [3.05, 3.63) is 64.2 Å². The third-order valence-electron chi connectivity index (χ3n) is 5.86. The standard InChI is InChI=1S/C24H29N3O5/c1-14-11-21(28)15(2)10-19(14)12-20(26-24(31)32)22(29)25-16(3)23(30)27-9-8-17-6-4-5-7-18(17)13-27/h4-7,10-11,16,20,26,28H,8-9,12-13H2,1-3H3,(H,25,29)(H,31,32). The number of hydrogen-bond donors (Lipinski definition) is 4. The van der Waals surface area contributed by atoms with Gasteiger partial charge in [-0.25, -0.2) is 4.79 Å². The fourth-order valence-electron chi connectivity index (χ4n) is 3.99. The highest BCUT2D eigenvalue weighted by molar-refractivity contribution is 5.91. The van der Waals surface area contributed by atoms with Gasteiger partial charge in [0.05, 0.1) is 0 Å². The lowest BCUT2D eigenvalue weighted by Crippen LogP contribution is -2.54. The topological polar surface area (TPSA) is 119 Å². The molecule has 3 rings (SSSR count). The second-order valence-electron chi connectivity index (χ2n) is 8.28. The van der Waals surface area contributed by atoms with E-state index in [1.54, 1.807) is 37.8 Å². The summed E-state index contributed by atoms with van der Waals surface area (Å²) in [7, 11) is 0. The van der Waals surface area contributed by atoms with Crippen molar-refractivity contribution in [3.63, 3.8) is 0 Å². The maximum absolute atomic E-state index is 12.9. The molecule has 3 amide bonds. The number of rotatable bonds is 6. The molecule has 2 atom stereocenters. The Kier molecular flexibility index (Phi) is 7.02. The van der Waals surface area contributed by atoms with Gasteiger partial charge in [-0.2, -0.15) is 0 Å². The Morgan fingerprint density at radius 1 is 1.06 bits per heavy atom. The largest absolute Gasteiger partial charge is 0.508 e. The van der Waals surface area contributed by atoms with Crippen LogP contribution in [0.3, 0.4) is 0 Å². The Hall–Kier alpha value is -3.55. The number of aromatic hydroxyl groups is 1. The number of carboxylic acid groups (broad SMARTS) is 1. The Morgan fingerprint density at radius 2 is 1.75 bits per heavy atom. The van der Waals surface area contributed by atoms with Gasteiger partial charge >= 0.3 is 6.09 Å². The average Bonchev–Trinajstić information content (AvgIpc) is 2.75. The molecule has 1 heterocycles. The first-order valence-electron chi connectivity index (χ1n) is 10.6. The molecular weight excluding hydrogens is 410 g/mol. The molecule has 1 aliphatic rings. The van der Waals surface area contributed by atoms with Crippen LogP contribution in [0.5, 0.6) is 5.75 Å². The van der Waals surface area contributed by atoms with E-state index in [9.17, 15) is 24.6 Å². The van der Waals surface area contributed by atoms with Crippen LogP contribution < -0.4 is 10.6 Å². The third kappa shape index (κ3) is 5.38. The van der Waals surface area contributed by atoms with Gasteiger partial charge in [-0.3, -0.25) is 9.59 Å². The molecule has 0 saturated carbocycles. The lowest BCUT2D eigenvalue weighted by molar-refractivity contribution is -0.137. The predicted molar refractivity (Wildman–Crippen MR) is 119 cm³/mol. The molecule has 170 valence electrons. The fourth-order valence-corrected chi connectivity index (χ4v) is 3.99. The quantitative estimate of drug-likeness (QED) is 0.551. The fraction of sp³-hybridized carbons (Fsp3) is 0.375. The summed E-state index contributed by atoms with van der Waals surface area (Å²) in [5.41, 5.74) is 4.43. The number of carbonyl (C=O) groups is 3. The molecule has 2 aromatic carbocycles. The predicted octanol–water partition coefficient (Wildman–Crippen LogP) is 2.28. The molecule has 0 aromatic heterocycles. The van der Waals surface area contributed by atoms with Crippen LogP contribution in [0, 0.1) is 13.8 Å². The van der Waals surface area contributed by atoms with E-state index in [1.165, 1.54) is 5.56 Å². The molecule has 0 radical (unpaired) electrons. The zero-order chi connectivity index (χ0) is 23.4. The molecule has 0 aliphatic carbocycles. The molecular formula is C24H29N3O5. The van der Waals surface area contributed by atoms with E-state index in [0.29, 0.717) is 18.7 Å². The second kappa shape index (κ2) is 9.72. The summed E-state index contributed by atoms with van der Waals surface area (Å²) >= 11 is 0. The summed E-state index contributed by atoms with van der Waals surface area (Å²) in [5.74, 6) is -0.643. The van der Waals surface area contributed by atoms with E-state index in [2.05, 4.69) is 16.7 Å². The van der Waals surface area contributed by atoms with Crippen LogP contribution in [0.25, 0.3) is 0 Å². The van der Waals surface area contributed by atoms with Gasteiger partial charge < -0.3 is 25.7 Å². The summed E-state index contributed by atoms with van der Waals surface area (Å²) in [6.07, 6.45) is -0.473. The van der Waals surface area contributed by atoms with Crippen molar-refractivity contribution in [3.8, 4) is 5.75 Å². The SMILES string of the molecule is Cc1cc(CC(NC(=O)O)C(=O)NC(C)C(=O)N2CCc3ccccc3C2)c(C)cc1O. The van der Waals surface area contributed by atoms with Gasteiger partial charge in [0, 0.05) is 19.5 Å². The number of fused-ring (bicyclic) bond motifs is 1. The van der Waals surface area contributed by atoms with Crippen LogP contribution in [-0.4, -0.2) is 51.6 Å². The monoisotopic (exact) mass is 439 g/mol. The van der Waals surface area contributed by atoms with Gasteiger partial charge in [0.1, 0.15) is 17.8 Å². The molecule has 32 heavy (non-hydrogen) atoms. The molecule has 0 fully saturated rings. The van der Waals surface area contributed by atoms with Crippen LogP contribution in [-0.2, 0) is 29.0 Å². The number of hydrogen-bond acceptors (Lipinski definition) is 4. The van der Waals surface area contributed by atoms with Crippen LogP contribution in [0.2, 0.25) is 0 Å². The van der Waals surface area contributed by atoms with Gasteiger partial charge in [-0.1, -0.05) is 30.3 Å². The maximum atomic E-state index is 12.9. The van der Waals surface area contributed by atoms with E-state index < -0.39 is 24.1 Å². The van der Waals surface area contributed by atoms with Crippen molar-refractivity contribution in [1.29, 1.82) is 0 Å². The first-order chi connectivity index (χ1) is 15.2. The number of aryl methyl sites for hydroxylation is 2. The van der Waals surface area contributed by atoms with Crippen LogP contribution in [0.15, 0.2) is 36.4 Å². The number of benzene rings is 2. The third-order valence-corrected chi connectivity index (χ3v) is 5.86. The van der Waals surface area contributed by atoms with Crippen LogP contribution >= 0.6 is 0 Å². The Balaban J connectivity index is 1.68. The smallest absolute Gasteiger partial charge is 0.405 e. The van der Waals surface area contributed by atoms with Gasteiger partial charge in [0.15, 0.2) is 0 Å². The van der Waals surface area contributed by atoms with E-state index in [-0.39, 0.29) is 18.1 Å². The molecule has 2 unspecified atom stereocenters. The minimum absolute atomic E-state index is 0.100. The Labute approximate surface area is 187 Å². The first-order valence-corrected chi connectivity index (χ1v) is 10.6. The Morgan fingerprint density at radius 3 is 2.44 bits per heavy atom. The summed E-state index contributed by atoms with van der Waals surface area (Å²) in [4.78, 5) is 38.8. The highest BCUT2D eigenvalue weighted by Crippen LogP contribution is 2.23. The molecule has 8 heteroatoms. The van der Waals surface area contributed by atoms with Crippen molar-refractivity contribution in [2.75, 3.05) is 6.54 Å². The van der Waals surface area contributed by atoms with Crippen molar-refractivity contribution in [2.24, 2.45) is 0 Å². The number of phenols is 1. The first kappa shape index (κ1) is 23.1. The van der Waals surface area contributed by atoms with Crippen molar-refractivity contribution >= 4 is 17.9 Å². The number of nitrogens with zero attached hydrogens (tertiary/aromatic N) is 1. The van der Waals surface area contributed by atoms with Gasteiger partial charge in [0.2, 0.25) is 11.8 Å². The lowest BCUT2D eigenvalue weighted by Gasteiger charge is -2.31. The van der Waals surface area contributed by atoms with Crippen LogP contribution in [0.4, 0.5) is 4.79 Å². The second-order valence-corrected chi connectivity index (χ2v) is 8.28.